The predicted molar refractivity (Wildman–Crippen MR) is 198 cm³/mol. The number of nitrogens with one attached hydrogen (secondary N) is 2. The van der Waals surface area contributed by atoms with Crippen molar-refractivity contribution < 1.29 is 9.59 Å². The highest BCUT2D eigenvalue weighted by atomic mass is 16.2. The molecule has 2 aliphatic heterocycles. The van der Waals surface area contributed by atoms with Crippen molar-refractivity contribution in [1.82, 2.24) is 39.2 Å². The second-order valence-electron chi connectivity index (χ2n) is 14.1. The minimum Gasteiger partial charge on any atom is -0.364 e. The average molecular weight is 679 g/mol. The molecule has 8 rings (SSSR count). The molecule has 2 N–H and O–H groups in total. The van der Waals surface area contributed by atoms with Crippen LogP contribution in [0.2, 0.25) is 0 Å². The third-order valence-electron chi connectivity index (χ3n) is 10.2. The molecule has 1 saturated heterocycles. The second-order valence-corrected chi connectivity index (χ2v) is 14.1. The van der Waals surface area contributed by atoms with Gasteiger partial charge in [0.1, 0.15) is 17.3 Å². The summed E-state index contributed by atoms with van der Waals surface area (Å²) in [4.78, 5) is 40.1. The summed E-state index contributed by atoms with van der Waals surface area (Å²) in [7, 11) is 18.9. The molecule has 3 aliphatic rings. The van der Waals surface area contributed by atoms with Gasteiger partial charge in [0.25, 0.3) is 5.91 Å². The Morgan fingerprint density at radius 3 is 2.53 bits per heavy atom. The van der Waals surface area contributed by atoms with Gasteiger partial charge < -0.3 is 25.3 Å². The maximum atomic E-state index is 12.6. The number of carbonyl (C=O) groups is 2. The number of rotatable bonds is 9. The minimum atomic E-state index is -1.35. The van der Waals surface area contributed by atoms with Gasteiger partial charge in [0.2, 0.25) is 5.91 Å². The van der Waals surface area contributed by atoms with Crippen molar-refractivity contribution in [3.05, 3.63) is 77.5 Å². The molecule has 51 heavy (non-hydrogen) atoms. The zero-order valence-electron chi connectivity index (χ0n) is 29.5. The van der Waals surface area contributed by atoms with Crippen LogP contribution in [0.5, 0.6) is 0 Å². The van der Waals surface area contributed by atoms with Gasteiger partial charge in [-0.2, -0.15) is 14.7 Å². The zero-order valence-corrected chi connectivity index (χ0v) is 29.5. The first-order valence-electron chi connectivity index (χ1n) is 17.4. The van der Waals surface area contributed by atoms with Crippen LogP contribution in [-0.2, 0) is 10.1 Å². The van der Waals surface area contributed by atoms with Crippen LogP contribution in [0.4, 0.5) is 23.0 Å². The maximum Gasteiger partial charge on any atom is 0.271 e. The van der Waals surface area contributed by atoms with Gasteiger partial charge in [0.15, 0.2) is 5.65 Å². The SMILES string of the molecule is [B]C([B])(c1cccc(C(=O)N(C)C)n1)N1CC(n2ncc3c2C(CC)N(C)c2c(Nc4cc(NC(=O)C5CC5)nc5cc(C)nn45)cccc2-3)C1. The van der Waals surface area contributed by atoms with Gasteiger partial charge in [0.05, 0.1) is 56.7 Å². The molecule has 1 aliphatic carbocycles. The Morgan fingerprint density at radius 1 is 1.04 bits per heavy atom. The van der Waals surface area contributed by atoms with Crippen LogP contribution in [0.3, 0.4) is 0 Å². The summed E-state index contributed by atoms with van der Waals surface area (Å²) < 4.78 is 3.90. The van der Waals surface area contributed by atoms with Gasteiger partial charge >= 0.3 is 0 Å². The molecule has 1 saturated carbocycles. The van der Waals surface area contributed by atoms with Gasteiger partial charge in [-0.15, -0.1) is 0 Å². The number of carbonyl (C=O) groups excluding carboxylic acids is 2. The predicted octanol–water partition coefficient (Wildman–Crippen LogP) is 4.00. The molecule has 13 nitrogen and oxygen atoms in total. The van der Waals surface area contributed by atoms with E-state index in [1.807, 2.05) is 36.2 Å². The van der Waals surface area contributed by atoms with E-state index in [-0.39, 0.29) is 29.8 Å². The van der Waals surface area contributed by atoms with Crippen molar-refractivity contribution in [3.63, 3.8) is 0 Å². The number of aryl methyl sites for hydroxylation is 1. The largest absolute Gasteiger partial charge is 0.364 e. The van der Waals surface area contributed by atoms with E-state index in [1.54, 1.807) is 36.8 Å². The lowest BCUT2D eigenvalue weighted by Crippen LogP contribution is -2.60. The van der Waals surface area contributed by atoms with E-state index in [0.717, 1.165) is 53.2 Å². The van der Waals surface area contributed by atoms with Crippen LogP contribution >= 0.6 is 0 Å². The summed E-state index contributed by atoms with van der Waals surface area (Å²) in [5.41, 5.74) is 7.44. The van der Waals surface area contributed by atoms with Crippen molar-refractivity contribution in [1.29, 1.82) is 0 Å². The number of likely N-dealkylation sites (tertiary alicyclic amines) is 1. The molecule has 0 bridgehead atoms. The molecule has 1 unspecified atom stereocenters. The Morgan fingerprint density at radius 2 is 1.80 bits per heavy atom. The number of para-hydroxylation sites is 1. The highest BCUT2D eigenvalue weighted by molar-refractivity contribution is 6.39. The van der Waals surface area contributed by atoms with Gasteiger partial charge in [-0.1, -0.05) is 25.1 Å². The third kappa shape index (κ3) is 5.63. The molecule has 1 atom stereocenters. The normalized spacial score (nSPS) is 17.5. The van der Waals surface area contributed by atoms with Crippen molar-refractivity contribution in [2.75, 3.05) is 49.8 Å². The number of hydrogen-bond donors (Lipinski definition) is 2. The van der Waals surface area contributed by atoms with Crippen LogP contribution in [-0.4, -0.2) is 101 Å². The lowest BCUT2D eigenvalue weighted by Gasteiger charge is -2.50. The summed E-state index contributed by atoms with van der Waals surface area (Å²) in [5.74, 6) is 1.05. The Hall–Kier alpha value is -5.17. The molecular formula is C36H39B2N11O2. The van der Waals surface area contributed by atoms with E-state index in [9.17, 15) is 9.59 Å². The molecule has 2 amide bonds. The Balaban J connectivity index is 1.09. The number of pyridine rings is 1. The van der Waals surface area contributed by atoms with E-state index in [4.69, 9.17) is 20.8 Å². The number of fused-ring (bicyclic) bond motifs is 4. The summed E-state index contributed by atoms with van der Waals surface area (Å²) in [6.45, 7) is 5.26. The lowest BCUT2D eigenvalue weighted by atomic mass is 9.57. The molecule has 4 radical (unpaired) electrons. The van der Waals surface area contributed by atoms with Gasteiger partial charge in [-0.3, -0.25) is 14.3 Å². The van der Waals surface area contributed by atoms with E-state index in [0.29, 0.717) is 41.8 Å². The van der Waals surface area contributed by atoms with Crippen LogP contribution in [0, 0.1) is 12.8 Å². The van der Waals surface area contributed by atoms with E-state index in [1.165, 1.54) is 4.90 Å². The maximum absolute atomic E-state index is 12.6. The molecule has 4 aromatic heterocycles. The fourth-order valence-electron chi connectivity index (χ4n) is 7.28. The van der Waals surface area contributed by atoms with Gasteiger partial charge in [0, 0.05) is 69.1 Å². The molecule has 1 aromatic carbocycles. The molecule has 15 heteroatoms. The first-order valence-corrected chi connectivity index (χ1v) is 17.4. The summed E-state index contributed by atoms with van der Waals surface area (Å²) >= 11 is 0. The lowest BCUT2D eigenvalue weighted by molar-refractivity contribution is -0.117. The van der Waals surface area contributed by atoms with Crippen molar-refractivity contribution in [2.24, 2.45) is 5.92 Å². The smallest absolute Gasteiger partial charge is 0.271 e. The average Bonchev–Trinajstić information content (AvgIpc) is 3.75. The fourth-order valence-corrected chi connectivity index (χ4v) is 7.28. The van der Waals surface area contributed by atoms with Crippen molar-refractivity contribution in [2.45, 2.75) is 50.5 Å². The van der Waals surface area contributed by atoms with Crippen LogP contribution in [0.15, 0.2) is 54.7 Å². The zero-order chi connectivity index (χ0) is 35.8. The Bertz CT molecular complexity index is 2180. The van der Waals surface area contributed by atoms with E-state index < -0.39 is 5.34 Å². The second kappa shape index (κ2) is 12.3. The third-order valence-corrected chi connectivity index (χ3v) is 10.2. The number of hydrogen-bond acceptors (Lipinski definition) is 9. The molecule has 6 heterocycles. The van der Waals surface area contributed by atoms with Crippen LogP contribution in [0.1, 0.15) is 65.8 Å². The fraction of sp³-hybridized carbons (Fsp3) is 0.389. The molecule has 5 aromatic rings. The first kappa shape index (κ1) is 33.0. The number of benzene rings is 1. The van der Waals surface area contributed by atoms with Crippen molar-refractivity contribution >= 4 is 56.2 Å². The highest BCUT2D eigenvalue weighted by Gasteiger charge is 2.43. The summed E-state index contributed by atoms with van der Waals surface area (Å²) in [5, 5.41) is 14.9. The number of nitrogens with zero attached hydrogens (tertiary/aromatic N) is 9. The van der Waals surface area contributed by atoms with Gasteiger partial charge in [-0.05, 0) is 49.7 Å². The van der Waals surface area contributed by atoms with Crippen molar-refractivity contribution in [3.8, 4) is 11.1 Å². The molecular weight excluding hydrogens is 640 g/mol. The van der Waals surface area contributed by atoms with Crippen LogP contribution < -0.4 is 15.5 Å². The molecule has 2 fully saturated rings. The summed E-state index contributed by atoms with van der Waals surface area (Å²) in [6, 6.07) is 15.2. The minimum absolute atomic E-state index is 0.00162. The van der Waals surface area contributed by atoms with Crippen LogP contribution in [0.25, 0.3) is 16.8 Å². The number of aromatic nitrogens is 6. The topological polar surface area (TPSA) is 129 Å². The van der Waals surface area contributed by atoms with E-state index >= 15 is 0 Å². The Kier molecular flexibility index (Phi) is 7.93. The van der Waals surface area contributed by atoms with E-state index in [2.05, 4.69) is 61.4 Å². The standard InChI is InChI=1S/C36H39B2N11O2/c1-6-27-33-24(17-39-48(33)22-18-47(19-22)36(37,38)28-12-8-11-26(40-28)35(51)45(3)4)23-9-7-10-25(32(23)46(27)5)41-31-16-29(43-34(50)21-13-14-21)42-30-15-20(2)44-49(30)31/h7-12,15-17,21-22,27,41H,6,13-14,18-19H2,1-5H3,(H,42,43,50). The number of amides is 2. The quantitative estimate of drug-likeness (QED) is 0.222. The summed E-state index contributed by atoms with van der Waals surface area (Å²) in [6.07, 6.45) is 4.63. The highest BCUT2D eigenvalue weighted by Crippen LogP contribution is 2.50. The first-order chi connectivity index (χ1) is 24.4. The monoisotopic (exact) mass is 679 g/mol. The van der Waals surface area contributed by atoms with Gasteiger partial charge in [-0.25, -0.2) is 9.97 Å². The number of anilines is 4. The Labute approximate surface area is 299 Å². The molecule has 256 valence electrons. The molecule has 0 spiro atoms.